The van der Waals surface area contributed by atoms with E-state index in [4.69, 9.17) is 29.7 Å². The highest BCUT2D eigenvalue weighted by Crippen LogP contribution is 2.20. The molecule has 10 N–H and O–H groups in total. The van der Waals surface area contributed by atoms with E-state index in [1.54, 1.807) is 46.8 Å². The molecule has 7 aromatic rings. The second-order valence-electron chi connectivity index (χ2n) is 19.2. The molecule has 3 heterocycles. The number of hydrogen-bond acceptors (Lipinski definition) is 20. The van der Waals surface area contributed by atoms with Crippen LogP contribution < -0.4 is 38.0 Å². The summed E-state index contributed by atoms with van der Waals surface area (Å²) in [6.07, 6.45) is 0.715. The molecule has 0 atom stereocenters. The summed E-state index contributed by atoms with van der Waals surface area (Å²) in [5, 5.41) is 43.2. The van der Waals surface area contributed by atoms with Gasteiger partial charge in [0.25, 0.3) is 43.2 Å². The predicted molar refractivity (Wildman–Crippen MR) is 301 cm³/mol. The highest BCUT2D eigenvalue weighted by molar-refractivity contribution is 7.85. The lowest BCUT2D eigenvalue weighted by Crippen LogP contribution is -2.39. The van der Waals surface area contributed by atoms with Gasteiger partial charge in [0.05, 0.1) is 22.2 Å². The van der Waals surface area contributed by atoms with E-state index in [1.807, 2.05) is 69.3 Å². The van der Waals surface area contributed by atoms with Gasteiger partial charge in [-0.1, -0.05) is 77.4 Å². The van der Waals surface area contributed by atoms with Gasteiger partial charge in [-0.15, -0.1) is 10.2 Å². The normalized spacial score (nSPS) is 11.1. The van der Waals surface area contributed by atoms with E-state index in [0.29, 0.717) is 16.7 Å². The molecule has 0 unspecified atom stereocenters. The maximum Gasteiger partial charge on any atom is 0.401 e. The highest BCUT2D eigenvalue weighted by atomic mass is 32.2. The van der Waals surface area contributed by atoms with Gasteiger partial charge in [-0.05, 0) is 83.9 Å². The largest absolute Gasteiger partial charge is 0.619 e. The first-order valence-corrected chi connectivity index (χ1v) is 27.3. The van der Waals surface area contributed by atoms with Crippen molar-refractivity contribution in [2.75, 3.05) is 6.26 Å². The van der Waals surface area contributed by atoms with Crippen LogP contribution in [0.3, 0.4) is 0 Å². The number of nitrogens with one attached hydrogen (secondary N) is 2. The molecule has 0 aliphatic rings. The molecule has 27 nitrogen and oxygen atoms in total. The molecule has 2 amide bonds. The Morgan fingerprint density at radius 1 is 0.671 bits per heavy atom. The van der Waals surface area contributed by atoms with Crippen LogP contribution in [0.5, 0.6) is 17.2 Å². The predicted octanol–water partition coefficient (Wildman–Crippen LogP) is 4.02. The average Bonchev–Trinajstić information content (AvgIpc) is 3.83. The first kappa shape index (κ1) is 67.3. The number of aromatic nitrogens is 6. The molecule has 7 rings (SSSR count). The fourth-order valence-electron chi connectivity index (χ4n) is 6.51. The molecule has 0 aliphatic carbocycles. The minimum absolute atomic E-state index is 0.0666. The molecule has 0 bridgehead atoms. The molecule has 0 saturated carbocycles. The minimum atomic E-state index is -4.02. The van der Waals surface area contributed by atoms with E-state index in [-0.39, 0.29) is 58.6 Å². The number of rotatable bonds is 12. The Kier molecular flexibility index (Phi) is 23.3. The van der Waals surface area contributed by atoms with Gasteiger partial charge in [-0.25, -0.2) is 14.8 Å². The SMILES string of the molecule is C=[N+]([O-])c1ccc(OC(=O)c2nnc(C)o2)cc1.CS(=O)(=O)O.Cc1ccc(CNC(=O)c2nc(C(C)(C)N)n(C)c(=O)c2O)cc1.Cc1ccc(CNC(=O)c2nc(C(C)(C)N)n(C)c(=O)c2O)cc1.Cc1ccc(S(=O)(=O)O)cc1. The maximum absolute atomic E-state index is 12.3. The van der Waals surface area contributed by atoms with Crippen molar-refractivity contribution in [3.05, 3.63) is 186 Å². The van der Waals surface area contributed by atoms with Crippen LogP contribution in [0.4, 0.5) is 5.69 Å². The molecular weight excluding hydrogens is 1110 g/mol. The van der Waals surface area contributed by atoms with Crippen LogP contribution in [0.1, 0.15) is 105 Å². The summed E-state index contributed by atoms with van der Waals surface area (Å²) in [6, 6.07) is 27.2. The Balaban J connectivity index is 0.000000287. The Bertz CT molecular complexity index is 3590. The van der Waals surface area contributed by atoms with Crippen LogP contribution in [0.25, 0.3) is 0 Å². The molecule has 82 heavy (non-hydrogen) atoms. The fourth-order valence-corrected chi connectivity index (χ4v) is 6.99. The smallest absolute Gasteiger partial charge is 0.401 e. The molecule has 0 radical (unpaired) electrons. The van der Waals surface area contributed by atoms with E-state index < -0.39 is 71.7 Å². The van der Waals surface area contributed by atoms with Crippen LogP contribution in [-0.4, -0.2) is 101 Å². The first-order chi connectivity index (χ1) is 37.8. The van der Waals surface area contributed by atoms with E-state index in [0.717, 1.165) is 37.0 Å². The van der Waals surface area contributed by atoms with Crippen molar-refractivity contribution in [2.45, 2.75) is 84.5 Å². The van der Waals surface area contributed by atoms with Crippen molar-refractivity contribution in [3.8, 4) is 17.2 Å². The van der Waals surface area contributed by atoms with Gasteiger partial charge in [0, 0.05) is 46.2 Å². The number of amides is 2. The lowest BCUT2D eigenvalue weighted by molar-refractivity contribution is -0.349. The Labute approximate surface area is 472 Å². The number of aromatic hydroxyl groups is 2. The average molecular weight is 1180 g/mol. The van der Waals surface area contributed by atoms with Gasteiger partial charge in [0.15, 0.2) is 11.4 Å². The molecule has 0 fully saturated rings. The molecule has 440 valence electrons. The van der Waals surface area contributed by atoms with Crippen LogP contribution in [0.15, 0.2) is 116 Å². The van der Waals surface area contributed by atoms with Gasteiger partial charge >= 0.3 is 11.9 Å². The van der Waals surface area contributed by atoms with Gasteiger partial charge in [-0.2, -0.15) is 21.6 Å². The molecule has 0 saturated heterocycles. The summed E-state index contributed by atoms with van der Waals surface area (Å²) in [5.74, 6) is -2.64. The quantitative estimate of drug-likeness (QED) is 0.0163. The summed E-state index contributed by atoms with van der Waals surface area (Å²) in [6.45, 7) is 17.7. The van der Waals surface area contributed by atoms with E-state index in [2.05, 4.69) is 37.5 Å². The molecule has 3 aromatic heterocycles. The van der Waals surface area contributed by atoms with Gasteiger partial charge < -0.3 is 46.7 Å². The molecule has 0 aliphatic heterocycles. The van der Waals surface area contributed by atoms with Crippen molar-refractivity contribution in [3.63, 3.8) is 0 Å². The number of aryl methyl sites for hydroxylation is 4. The summed E-state index contributed by atoms with van der Waals surface area (Å²) >= 11 is 0. The standard InChI is InChI=1S/2C17H22N4O3.C11H9N3O4.C7H8O3S.CH4O3S/c2*1-10-5-7-11(8-6-10)9-19-14(23)12-13(22)15(24)21(4)16(20-12)17(2,3)18;1-7-12-13-10(17-7)11(15)18-9-5-3-8(4-6-9)14(2)16;1-6-2-4-7(5-3-6)11(8,9)10;1-5(2,3)4/h2*5-8,22H,9,18H2,1-4H3,(H,19,23);3-6H,2H2,1H3;2-5H,1H3,(H,8,9,10);1H3,(H,2,3,4). The van der Waals surface area contributed by atoms with Gasteiger partial charge in [0.2, 0.25) is 23.1 Å². The zero-order chi connectivity index (χ0) is 62.2. The van der Waals surface area contributed by atoms with Crippen LogP contribution in [0, 0.1) is 32.9 Å². The fraction of sp³-hybridized carbons (Fsp3) is 0.283. The Hall–Kier alpha value is -9.00. The minimum Gasteiger partial charge on any atom is -0.619 e. The Morgan fingerprint density at radius 3 is 1.33 bits per heavy atom. The summed E-state index contributed by atoms with van der Waals surface area (Å²) in [5.41, 5.74) is 13.4. The second-order valence-corrected chi connectivity index (χ2v) is 22.1. The van der Waals surface area contributed by atoms with Crippen LogP contribution >= 0.6 is 0 Å². The van der Waals surface area contributed by atoms with Gasteiger partial charge in [-0.3, -0.25) is 37.4 Å². The van der Waals surface area contributed by atoms with E-state index in [9.17, 15) is 56.2 Å². The van der Waals surface area contributed by atoms with E-state index >= 15 is 0 Å². The number of benzene rings is 4. The van der Waals surface area contributed by atoms with Crippen molar-refractivity contribution < 1.29 is 64.4 Å². The summed E-state index contributed by atoms with van der Waals surface area (Å²) < 4.78 is 68.0. The van der Waals surface area contributed by atoms with Crippen molar-refractivity contribution in [1.82, 2.24) is 39.9 Å². The molecule has 29 heteroatoms. The number of ether oxygens (including phenoxy) is 1. The Morgan fingerprint density at radius 2 is 1.02 bits per heavy atom. The molecule has 0 spiro atoms. The van der Waals surface area contributed by atoms with Crippen LogP contribution in [0.2, 0.25) is 0 Å². The lowest BCUT2D eigenvalue weighted by atomic mass is 10.1. The topological polar surface area (TPSA) is 421 Å². The maximum atomic E-state index is 12.3. The number of esters is 1. The zero-order valence-electron chi connectivity index (χ0n) is 46.6. The monoisotopic (exact) mass is 1180 g/mol. The summed E-state index contributed by atoms with van der Waals surface area (Å²) in [7, 11) is -4.78. The third-order valence-electron chi connectivity index (χ3n) is 10.6. The van der Waals surface area contributed by atoms with E-state index in [1.165, 1.54) is 50.5 Å². The molecular formula is C53H65N11O16S2. The van der Waals surface area contributed by atoms with Crippen molar-refractivity contribution in [2.24, 2.45) is 25.6 Å². The number of hydrogen-bond donors (Lipinski definition) is 8. The van der Waals surface area contributed by atoms with Crippen LogP contribution in [-0.2, 0) is 58.5 Å². The summed E-state index contributed by atoms with van der Waals surface area (Å²) in [4.78, 5) is 68.6. The number of nitrogens with two attached hydrogens (primary N) is 2. The first-order valence-electron chi connectivity index (χ1n) is 24.0. The molecule has 4 aromatic carbocycles. The number of carbonyl (C=O) groups excluding carboxylic acids is 3. The number of carbonyl (C=O) groups is 3. The van der Waals surface area contributed by atoms with Crippen molar-refractivity contribution >= 4 is 50.4 Å². The lowest BCUT2D eigenvalue weighted by Gasteiger charge is -2.21. The third kappa shape index (κ3) is 21.2. The number of nitrogens with zero attached hydrogens (tertiary/aromatic N) is 7. The third-order valence-corrected chi connectivity index (χ3v) is 11.5. The van der Waals surface area contributed by atoms with Crippen molar-refractivity contribution in [1.29, 1.82) is 0 Å². The second kappa shape index (κ2) is 28.4. The zero-order valence-corrected chi connectivity index (χ0v) is 48.3. The highest BCUT2D eigenvalue weighted by Gasteiger charge is 2.28. The van der Waals surface area contributed by atoms with Gasteiger partial charge in [0.1, 0.15) is 24.1 Å².